The normalized spacial score (nSPS) is 9.94. The summed E-state index contributed by atoms with van der Waals surface area (Å²) >= 11 is 5.04. The second-order valence-corrected chi connectivity index (χ2v) is 4.29. The molecule has 0 heterocycles. The molecule has 0 spiro atoms. The molecule has 0 aliphatic rings. The average Bonchev–Trinajstić information content (AvgIpc) is 2.32. The molecule has 2 aromatic carbocycles. The van der Waals surface area contributed by atoms with Gasteiger partial charge in [-0.05, 0) is 30.7 Å². The van der Waals surface area contributed by atoms with Crippen LogP contribution >= 0.6 is 12.2 Å². The molecule has 0 aromatic heterocycles. The van der Waals surface area contributed by atoms with Crippen molar-refractivity contribution in [3.63, 3.8) is 0 Å². The number of hydrogen-bond donors (Lipinski definition) is 2. The standard InChI is InChI=1S/C14H14N2S/c1-10-6-2-4-8-12(10)16-13-9-5-3-7-11(13)14(15)17/h2-9,16H,1H3,(H2,15,17). The summed E-state index contributed by atoms with van der Waals surface area (Å²) in [6, 6.07) is 15.9. The van der Waals surface area contributed by atoms with Gasteiger partial charge in [0.2, 0.25) is 0 Å². The fourth-order valence-electron chi connectivity index (χ4n) is 1.67. The number of rotatable bonds is 3. The second kappa shape index (κ2) is 4.97. The van der Waals surface area contributed by atoms with Crippen molar-refractivity contribution in [1.82, 2.24) is 0 Å². The van der Waals surface area contributed by atoms with Crippen molar-refractivity contribution in [3.05, 3.63) is 59.7 Å². The van der Waals surface area contributed by atoms with Crippen molar-refractivity contribution < 1.29 is 0 Å². The van der Waals surface area contributed by atoms with Crippen LogP contribution in [0.4, 0.5) is 11.4 Å². The van der Waals surface area contributed by atoms with Gasteiger partial charge in [0.15, 0.2) is 0 Å². The molecule has 0 aliphatic heterocycles. The number of anilines is 2. The molecular weight excluding hydrogens is 228 g/mol. The van der Waals surface area contributed by atoms with E-state index in [2.05, 4.69) is 18.3 Å². The van der Waals surface area contributed by atoms with Crippen LogP contribution in [0.15, 0.2) is 48.5 Å². The number of nitrogens with two attached hydrogens (primary N) is 1. The van der Waals surface area contributed by atoms with Gasteiger partial charge in [-0.3, -0.25) is 0 Å². The van der Waals surface area contributed by atoms with E-state index in [0.717, 1.165) is 16.9 Å². The maximum atomic E-state index is 5.70. The Kier molecular flexibility index (Phi) is 3.40. The Morgan fingerprint density at radius 2 is 1.59 bits per heavy atom. The third-order valence-electron chi connectivity index (χ3n) is 2.61. The minimum atomic E-state index is 0.404. The van der Waals surface area contributed by atoms with Gasteiger partial charge in [0.05, 0.1) is 0 Å². The summed E-state index contributed by atoms with van der Waals surface area (Å²) < 4.78 is 0. The number of thiocarbonyl (C=S) groups is 1. The van der Waals surface area contributed by atoms with E-state index in [1.807, 2.05) is 42.5 Å². The highest BCUT2D eigenvalue weighted by Gasteiger charge is 2.05. The molecule has 2 aromatic rings. The van der Waals surface area contributed by atoms with E-state index in [0.29, 0.717) is 4.99 Å². The first-order valence-electron chi connectivity index (χ1n) is 5.40. The van der Waals surface area contributed by atoms with Crippen molar-refractivity contribution in [2.75, 3.05) is 5.32 Å². The topological polar surface area (TPSA) is 38.0 Å². The first-order chi connectivity index (χ1) is 8.18. The lowest BCUT2D eigenvalue weighted by molar-refractivity contribution is 1.43. The van der Waals surface area contributed by atoms with Crippen molar-refractivity contribution in [2.24, 2.45) is 5.73 Å². The minimum absolute atomic E-state index is 0.404. The maximum Gasteiger partial charge on any atom is 0.106 e. The molecule has 2 nitrogen and oxygen atoms in total. The predicted molar refractivity (Wildman–Crippen MR) is 76.8 cm³/mol. The lowest BCUT2D eigenvalue weighted by Crippen LogP contribution is -2.11. The van der Waals surface area contributed by atoms with Gasteiger partial charge in [-0.1, -0.05) is 42.5 Å². The summed E-state index contributed by atoms with van der Waals surface area (Å²) in [5.74, 6) is 0. The Labute approximate surface area is 106 Å². The van der Waals surface area contributed by atoms with Gasteiger partial charge >= 0.3 is 0 Å². The van der Waals surface area contributed by atoms with Crippen molar-refractivity contribution in [1.29, 1.82) is 0 Å². The highest BCUT2D eigenvalue weighted by Crippen LogP contribution is 2.23. The first kappa shape index (κ1) is 11.6. The van der Waals surface area contributed by atoms with E-state index >= 15 is 0 Å². The van der Waals surface area contributed by atoms with Crippen LogP contribution in [0.2, 0.25) is 0 Å². The molecule has 0 radical (unpaired) electrons. The zero-order valence-corrected chi connectivity index (χ0v) is 10.4. The SMILES string of the molecule is Cc1ccccc1Nc1ccccc1C(N)=S. The van der Waals surface area contributed by atoms with Crippen molar-refractivity contribution in [3.8, 4) is 0 Å². The molecule has 0 saturated heterocycles. The minimum Gasteiger partial charge on any atom is -0.389 e. The summed E-state index contributed by atoms with van der Waals surface area (Å²) in [7, 11) is 0. The van der Waals surface area contributed by atoms with E-state index in [4.69, 9.17) is 18.0 Å². The molecular formula is C14H14N2S. The molecule has 3 heteroatoms. The number of benzene rings is 2. The predicted octanol–water partition coefficient (Wildman–Crippen LogP) is 3.37. The molecule has 86 valence electrons. The molecule has 2 rings (SSSR count). The summed E-state index contributed by atoms with van der Waals surface area (Å²) in [5.41, 5.74) is 9.75. The largest absolute Gasteiger partial charge is 0.389 e. The fourth-order valence-corrected chi connectivity index (χ4v) is 1.84. The molecule has 0 atom stereocenters. The fraction of sp³-hybridized carbons (Fsp3) is 0.0714. The molecule has 17 heavy (non-hydrogen) atoms. The van der Waals surface area contributed by atoms with Gasteiger partial charge in [-0.15, -0.1) is 0 Å². The smallest absolute Gasteiger partial charge is 0.106 e. The van der Waals surface area contributed by atoms with Gasteiger partial charge in [0.25, 0.3) is 0 Å². The van der Waals surface area contributed by atoms with Crippen LogP contribution in [0.1, 0.15) is 11.1 Å². The lowest BCUT2D eigenvalue weighted by Gasteiger charge is -2.12. The van der Waals surface area contributed by atoms with E-state index in [9.17, 15) is 0 Å². The van der Waals surface area contributed by atoms with Crippen molar-refractivity contribution in [2.45, 2.75) is 6.92 Å². The van der Waals surface area contributed by atoms with E-state index in [1.54, 1.807) is 0 Å². The lowest BCUT2D eigenvalue weighted by atomic mass is 10.1. The van der Waals surface area contributed by atoms with Crippen LogP contribution < -0.4 is 11.1 Å². The van der Waals surface area contributed by atoms with Crippen LogP contribution in [0.25, 0.3) is 0 Å². The van der Waals surface area contributed by atoms with E-state index in [-0.39, 0.29) is 0 Å². The van der Waals surface area contributed by atoms with Gasteiger partial charge < -0.3 is 11.1 Å². The summed E-state index contributed by atoms with van der Waals surface area (Å²) in [6.45, 7) is 2.06. The zero-order valence-electron chi connectivity index (χ0n) is 9.60. The van der Waals surface area contributed by atoms with Crippen LogP contribution in [-0.2, 0) is 0 Å². The highest BCUT2D eigenvalue weighted by atomic mass is 32.1. The zero-order chi connectivity index (χ0) is 12.3. The Hall–Kier alpha value is -1.87. The third-order valence-corrected chi connectivity index (χ3v) is 2.83. The number of nitrogens with one attached hydrogen (secondary N) is 1. The maximum absolute atomic E-state index is 5.70. The number of hydrogen-bond acceptors (Lipinski definition) is 2. The van der Waals surface area contributed by atoms with Crippen LogP contribution in [0.3, 0.4) is 0 Å². The van der Waals surface area contributed by atoms with Crippen LogP contribution in [-0.4, -0.2) is 4.99 Å². The number of aryl methyl sites for hydroxylation is 1. The Morgan fingerprint density at radius 3 is 2.24 bits per heavy atom. The van der Waals surface area contributed by atoms with Gasteiger partial charge in [0, 0.05) is 16.9 Å². The first-order valence-corrected chi connectivity index (χ1v) is 5.81. The van der Waals surface area contributed by atoms with Crippen molar-refractivity contribution >= 4 is 28.6 Å². The molecule has 0 amide bonds. The highest BCUT2D eigenvalue weighted by molar-refractivity contribution is 7.80. The van der Waals surface area contributed by atoms with Crippen LogP contribution in [0.5, 0.6) is 0 Å². The average molecular weight is 242 g/mol. The van der Waals surface area contributed by atoms with Gasteiger partial charge in [0.1, 0.15) is 4.99 Å². The van der Waals surface area contributed by atoms with E-state index < -0.39 is 0 Å². The molecule has 0 unspecified atom stereocenters. The molecule has 0 aliphatic carbocycles. The monoisotopic (exact) mass is 242 g/mol. The van der Waals surface area contributed by atoms with Gasteiger partial charge in [-0.2, -0.15) is 0 Å². The van der Waals surface area contributed by atoms with E-state index in [1.165, 1.54) is 5.56 Å². The second-order valence-electron chi connectivity index (χ2n) is 3.85. The summed E-state index contributed by atoms with van der Waals surface area (Å²) in [5, 5.41) is 3.35. The summed E-state index contributed by atoms with van der Waals surface area (Å²) in [4.78, 5) is 0.404. The Bertz CT molecular complexity index is 549. The quantitative estimate of drug-likeness (QED) is 0.810. The van der Waals surface area contributed by atoms with Gasteiger partial charge in [-0.25, -0.2) is 0 Å². The third kappa shape index (κ3) is 2.63. The molecule has 3 N–H and O–H groups in total. The Balaban J connectivity index is 2.37. The number of para-hydroxylation sites is 2. The molecule has 0 fully saturated rings. The molecule has 0 bridgehead atoms. The Morgan fingerprint density at radius 1 is 1.00 bits per heavy atom. The molecule has 0 saturated carbocycles. The summed E-state index contributed by atoms with van der Waals surface area (Å²) in [6.07, 6.45) is 0. The van der Waals surface area contributed by atoms with Crippen LogP contribution in [0, 0.1) is 6.92 Å².